The summed E-state index contributed by atoms with van der Waals surface area (Å²) in [5.41, 5.74) is -1.27. The van der Waals surface area contributed by atoms with E-state index in [2.05, 4.69) is 15.9 Å². The van der Waals surface area contributed by atoms with Crippen molar-refractivity contribution in [1.29, 1.82) is 0 Å². The van der Waals surface area contributed by atoms with Gasteiger partial charge >= 0.3 is 5.97 Å². The third-order valence-electron chi connectivity index (χ3n) is 2.02. The van der Waals surface area contributed by atoms with Crippen molar-refractivity contribution in [3.63, 3.8) is 0 Å². The van der Waals surface area contributed by atoms with Gasteiger partial charge in [0.15, 0.2) is 5.60 Å². The van der Waals surface area contributed by atoms with Crippen LogP contribution >= 0.6 is 15.9 Å². The van der Waals surface area contributed by atoms with Crippen molar-refractivity contribution < 1.29 is 19.4 Å². The van der Waals surface area contributed by atoms with E-state index in [1.54, 1.807) is 25.3 Å². The summed E-state index contributed by atoms with van der Waals surface area (Å²) in [4.78, 5) is 10.9. The molecule has 1 N–H and O–H groups in total. The number of carboxylic acids is 1. The van der Waals surface area contributed by atoms with Crippen molar-refractivity contribution in [1.82, 2.24) is 0 Å². The Morgan fingerprint density at radius 3 is 2.50 bits per heavy atom. The van der Waals surface area contributed by atoms with E-state index in [4.69, 9.17) is 14.6 Å². The average molecular weight is 289 g/mol. The summed E-state index contributed by atoms with van der Waals surface area (Å²) in [7, 11) is 1.56. The lowest BCUT2D eigenvalue weighted by atomic mass is 10.1. The SMILES string of the molecule is COc1ccc(OC(C)(C)C(=O)O)c(Br)c1. The van der Waals surface area contributed by atoms with E-state index in [1.807, 2.05) is 0 Å². The number of ether oxygens (including phenoxy) is 2. The van der Waals surface area contributed by atoms with Crippen LogP contribution in [0.2, 0.25) is 0 Å². The van der Waals surface area contributed by atoms with Crippen LogP contribution in [0.1, 0.15) is 13.8 Å². The van der Waals surface area contributed by atoms with Gasteiger partial charge in [-0.25, -0.2) is 4.79 Å². The first kappa shape index (κ1) is 12.8. The van der Waals surface area contributed by atoms with Crippen LogP contribution < -0.4 is 9.47 Å². The van der Waals surface area contributed by atoms with E-state index < -0.39 is 11.6 Å². The van der Waals surface area contributed by atoms with Gasteiger partial charge in [-0.2, -0.15) is 0 Å². The van der Waals surface area contributed by atoms with Crippen molar-refractivity contribution in [2.45, 2.75) is 19.4 Å². The van der Waals surface area contributed by atoms with Crippen LogP contribution in [0, 0.1) is 0 Å². The Labute approximate surface area is 102 Å². The van der Waals surface area contributed by atoms with E-state index >= 15 is 0 Å². The molecule has 1 aromatic rings. The highest BCUT2D eigenvalue weighted by atomic mass is 79.9. The van der Waals surface area contributed by atoms with Crippen LogP contribution in [0.15, 0.2) is 22.7 Å². The largest absolute Gasteiger partial charge is 0.497 e. The van der Waals surface area contributed by atoms with Gasteiger partial charge in [-0.05, 0) is 48.0 Å². The Morgan fingerprint density at radius 1 is 1.44 bits per heavy atom. The Balaban J connectivity index is 2.94. The molecule has 0 unspecified atom stereocenters. The van der Waals surface area contributed by atoms with Gasteiger partial charge in [-0.15, -0.1) is 0 Å². The lowest BCUT2D eigenvalue weighted by Crippen LogP contribution is -2.37. The summed E-state index contributed by atoms with van der Waals surface area (Å²) in [6.45, 7) is 2.98. The van der Waals surface area contributed by atoms with Crippen molar-refractivity contribution in [3.8, 4) is 11.5 Å². The molecule has 1 aromatic carbocycles. The minimum atomic E-state index is -1.27. The fourth-order valence-electron chi connectivity index (χ4n) is 1.01. The molecule has 0 saturated heterocycles. The van der Waals surface area contributed by atoms with E-state index in [1.165, 1.54) is 13.8 Å². The maximum absolute atomic E-state index is 10.9. The van der Waals surface area contributed by atoms with Crippen molar-refractivity contribution >= 4 is 21.9 Å². The summed E-state index contributed by atoms with van der Waals surface area (Å²) in [6.07, 6.45) is 0. The summed E-state index contributed by atoms with van der Waals surface area (Å²) < 4.78 is 11.1. The molecule has 0 aromatic heterocycles. The first-order valence-electron chi connectivity index (χ1n) is 4.63. The Hall–Kier alpha value is -1.23. The van der Waals surface area contributed by atoms with Crippen molar-refractivity contribution in [2.75, 3.05) is 7.11 Å². The van der Waals surface area contributed by atoms with Crippen LogP contribution in [0.4, 0.5) is 0 Å². The van der Waals surface area contributed by atoms with Crippen LogP contribution in [0.5, 0.6) is 11.5 Å². The maximum Gasteiger partial charge on any atom is 0.347 e. The van der Waals surface area contributed by atoms with Crippen LogP contribution in [-0.4, -0.2) is 23.8 Å². The van der Waals surface area contributed by atoms with Crippen LogP contribution in [0.25, 0.3) is 0 Å². The highest BCUT2D eigenvalue weighted by Crippen LogP contribution is 2.31. The molecule has 0 aliphatic heterocycles. The Morgan fingerprint density at radius 2 is 2.06 bits per heavy atom. The second-order valence-electron chi connectivity index (χ2n) is 3.71. The number of carboxylic acid groups (broad SMARTS) is 1. The summed E-state index contributed by atoms with van der Waals surface area (Å²) in [6, 6.07) is 5.08. The van der Waals surface area contributed by atoms with Crippen LogP contribution in [0.3, 0.4) is 0 Å². The summed E-state index contributed by atoms with van der Waals surface area (Å²) in [5.74, 6) is 0.121. The van der Waals surface area contributed by atoms with E-state index in [9.17, 15) is 4.79 Å². The zero-order valence-corrected chi connectivity index (χ0v) is 10.9. The van der Waals surface area contributed by atoms with Crippen molar-refractivity contribution in [2.24, 2.45) is 0 Å². The smallest absolute Gasteiger partial charge is 0.347 e. The van der Waals surface area contributed by atoms with E-state index in [-0.39, 0.29) is 0 Å². The van der Waals surface area contributed by atoms with Gasteiger partial charge < -0.3 is 14.6 Å². The monoisotopic (exact) mass is 288 g/mol. The predicted octanol–water partition coefficient (Wildman–Crippen LogP) is 2.70. The molecule has 0 heterocycles. The number of aliphatic carboxylic acids is 1. The van der Waals surface area contributed by atoms with Gasteiger partial charge in [0.05, 0.1) is 11.6 Å². The molecule has 0 amide bonds. The lowest BCUT2D eigenvalue weighted by Gasteiger charge is -2.22. The number of hydrogen-bond donors (Lipinski definition) is 1. The molecule has 1 rings (SSSR count). The van der Waals surface area contributed by atoms with Gasteiger partial charge in [-0.1, -0.05) is 0 Å². The van der Waals surface area contributed by atoms with Gasteiger partial charge in [-0.3, -0.25) is 0 Å². The molecule has 16 heavy (non-hydrogen) atoms. The number of halogens is 1. The minimum absolute atomic E-state index is 0.466. The molecule has 0 spiro atoms. The topological polar surface area (TPSA) is 55.8 Å². The number of carbonyl (C=O) groups is 1. The van der Waals surface area contributed by atoms with E-state index in [0.29, 0.717) is 16.0 Å². The minimum Gasteiger partial charge on any atom is -0.497 e. The molecule has 0 aliphatic rings. The standard InChI is InChI=1S/C11H13BrO4/c1-11(2,10(13)14)16-9-5-4-7(15-3)6-8(9)12/h4-6H,1-3H3,(H,13,14). The summed E-state index contributed by atoms with van der Waals surface area (Å²) in [5, 5.41) is 8.93. The molecule has 0 bridgehead atoms. The number of methoxy groups -OCH3 is 1. The third-order valence-corrected chi connectivity index (χ3v) is 2.64. The first-order chi connectivity index (χ1) is 7.36. The van der Waals surface area contributed by atoms with Gasteiger partial charge in [0, 0.05) is 0 Å². The molecule has 0 atom stereocenters. The molecule has 88 valence electrons. The fourth-order valence-corrected chi connectivity index (χ4v) is 1.45. The first-order valence-corrected chi connectivity index (χ1v) is 5.42. The molecule has 5 heteroatoms. The summed E-state index contributed by atoms with van der Waals surface area (Å²) >= 11 is 3.29. The van der Waals surface area contributed by atoms with E-state index in [0.717, 1.165) is 0 Å². The molecule has 0 aliphatic carbocycles. The molecule has 0 radical (unpaired) electrons. The molecule has 0 saturated carbocycles. The number of hydrogen-bond acceptors (Lipinski definition) is 3. The van der Waals surface area contributed by atoms with Gasteiger partial charge in [0.2, 0.25) is 0 Å². The molecular weight excluding hydrogens is 276 g/mol. The number of benzene rings is 1. The average Bonchev–Trinajstić information content (AvgIpc) is 2.20. The lowest BCUT2D eigenvalue weighted by molar-refractivity contribution is -0.152. The Kier molecular flexibility index (Phi) is 3.80. The zero-order valence-electron chi connectivity index (χ0n) is 9.28. The molecule has 4 nitrogen and oxygen atoms in total. The molecular formula is C11H13BrO4. The second-order valence-corrected chi connectivity index (χ2v) is 4.57. The predicted molar refractivity (Wildman–Crippen MR) is 63.0 cm³/mol. The Bertz CT molecular complexity index is 401. The fraction of sp³-hybridized carbons (Fsp3) is 0.364. The maximum atomic E-state index is 10.9. The highest BCUT2D eigenvalue weighted by Gasteiger charge is 2.30. The van der Waals surface area contributed by atoms with Crippen LogP contribution in [-0.2, 0) is 4.79 Å². The molecule has 0 fully saturated rings. The second kappa shape index (κ2) is 4.74. The van der Waals surface area contributed by atoms with Crippen molar-refractivity contribution in [3.05, 3.63) is 22.7 Å². The highest BCUT2D eigenvalue weighted by molar-refractivity contribution is 9.10. The number of rotatable bonds is 4. The zero-order chi connectivity index (χ0) is 12.3. The van der Waals surface area contributed by atoms with Gasteiger partial charge in [0.25, 0.3) is 0 Å². The van der Waals surface area contributed by atoms with Gasteiger partial charge in [0.1, 0.15) is 11.5 Å². The normalized spacial score (nSPS) is 11.0. The third kappa shape index (κ3) is 2.88. The quantitative estimate of drug-likeness (QED) is 0.926.